The number of carbonyl (C=O) groups is 1. The highest BCUT2D eigenvalue weighted by molar-refractivity contribution is 6.02. The van der Waals surface area contributed by atoms with Gasteiger partial charge >= 0.3 is 0 Å². The van der Waals surface area contributed by atoms with E-state index >= 15 is 0 Å². The van der Waals surface area contributed by atoms with Crippen molar-refractivity contribution in [3.63, 3.8) is 0 Å². The first-order valence-electron chi connectivity index (χ1n) is 5.19. The summed E-state index contributed by atoms with van der Waals surface area (Å²) >= 11 is 0. The molecule has 5 heteroatoms. The molecule has 0 saturated carbocycles. The van der Waals surface area contributed by atoms with Gasteiger partial charge in [-0.2, -0.15) is 5.10 Å². The Balaban J connectivity index is 2.14. The van der Waals surface area contributed by atoms with Crippen molar-refractivity contribution in [2.24, 2.45) is 0 Å². The van der Waals surface area contributed by atoms with Crippen molar-refractivity contribution < 1.29 is 4.79 Å². The van der Waals surface area contributed by atoms with Crippen molar-refractivity contribution in [1.82, 2.24) is 14.8 Å². The molecule has 16 heavy (non-hydrogen) atoms. The molecule has 2 rings (SSSR count). The summed E-state index contributed by atoms with van der Waals surface area (Å²) in [5.74, 6) is 0.407. The predicted octanol–water partition coefficient (Wildman–Crippen LogP) is 1.79. The van der Waals surface area contributed by atoms with Crippen molar-refractivity contribution in [1.29, 1.82) is 0 Å². The van der Waals surface area contributed by atoms with Crippen LogP contribution in [0.3, 0.4) is 0 Å². The Kier molecular flexibility index (Phi) is 2.76. The van der Waals surface area contributed by atoms with Gasteiger partial charge in [0.05, 0.1) is 0 Å². The van der Waals surface area contributed by atoms with Crippen molar-refractivity contribution in [3.05, 3.63) is 35.8 Å². The summed E-state index contributed by atoms with van der Waals surface area (Å²) < 4.78 is 1.88. The molecule has 0 aliphatic rings. The van der Waals surface area contributed by atoms with E-state index in [9.17, 15) is 4.79 Å². The van der Waals surface area contributed by atoms with E-state index in [1.54, 1.807) is 12.1 Å². The second-order valence-corrected chi connectivity index (χ2v) is 3.57. The van der Waals surface area contributed by atoms with Crippen LogP contribution in [0.2, 0.25) is 0 Å². The van der Waals surface area contributed by atoms with Crippen molar-refractivity contribution >= 4 is 11.7 Å². The summed E-state index contributed by atoms with van der Waals surface area (Å²) in [6.07, 6.45) is 1.88. The molecule has 2 aromatic rings. The third-order valence-corrected chi connectivity index (χ3v) is 2.35. The molecule has 0 aliphatic heterocycles. The van der Waals surface area contributed by atoms with Crippen LogP contribution in [0.4, 0.5) is 5.82 Å². The lowest BCUT2D eigenvalue weighted by Crippen LogP contribution is -2.16. The number of hydrogen-bond donors (Lipinski definition) is 2. The Hall–Kier alpha value is -2.04. The summed E-state index contributed by atoms with van der Waals surface area (Å²) in [4.78, 5) is 11.9. The first kappa shape index (κ1) is 10.5. The number of aryl methyl sites for hydroxylation is 2. The maximum absolute atomic E-state index is 11.9. The monoisotopic (exact) mass is 218 g/mol. The number of carbonyl (C=O) groups excluding carboxylic acids is 1. The number of rotatable bonds is 3. The van der Waals surface area contributed by atoms with Crippen LogP contribution in [0.1, 0.15) is 23.1 Å². The number of aromatic nitrogens is 3. The third kappa shape index (κ3) is 1.98. The van der Waals surface area contributed by atoms with Gasteiger partial charge in [-0.15, -0.1) is 0 Å². The van der Waals surface area contributed by atoms with E-state index < -0.39 is 0 Å². The quantitative estimate of drug-likeness (QED) is 0.825. The number of aromatic amines is 1. The van der Waals surface area contributed by atoms with Crippen LogP contribution in [-0.4, -0.2) is 20.7 Å². The largest absolute Gasteiger partial charge is 0.344 e. The number of H-pyrrole nitrogens is 1. The number of anilines is 1. The standard InChI is InChI=1S/C11H14N4O/c1-3-15-6-4-5-9(15)11(16)12-10-7-8(2)13-14-10/h4-7H,3H2,1-2H3,(H2,12,13,14,16). The maximum Gasteiger partial charge on any atom is 0.273 e. The van der Waals surface area contributed by atoms with E-state index in [1.165, 1.54) is 0 Å². The summed E-state index contributed by atoms with van der Waals surface area (Å²) in [5, 5.41) is 9.47. The van der Waals surface area contributed by atoms with Gasteiger partial charge in [0.2, 0.25) is 0 Å². The average molecular weight is 218 g/mol. The molecule has 0 spiro atoms. The minimum atomic E-state index is -0.140. The Labute approximate surface area is 93.5 Å². The van der Waals surface area contributed by atoms with Gasteiger partial charge < -0.3 is 9.88 Å². The zero-order chi connectivity index (χ0) is 11.5. The molecule has 0 aliphatic carbocycles. The lowest BCUT2D eigenvalue weighted by Gasteiger charge is -2.05. The van der Waals surface area contributed by atoms with Crippen LogP contribution < -0.4 is 5.32 Å². The fourth-order valence-electron chi connectivity index (χ4n) is 1.56. The molecule has 0 aromatic carbocycles. The maximum atomic E-state index is 11.9. The molecule has 0 saturated heterocycles. The molecular weight excluding hydrogens is 204 g/mol. The van der Waals surface area contributed by atoms with Crippen LogP contribution in [0.25, 0.3) is 0 Å². The highest BCUT2D eigenvalue weighted by Crippen LogP contribution is 2.08. The molecule has 0 atom stereocenters. The van der Waals surface area contributed by atoms with Gasteiger partial charge in [-0.1, -0.05) is 0 Å². The van der Waals surface area contributed by atoms with Crippen LogP contribution >= 0.6 is 0 Å². The molecule has 0 radical (unpaired) electrons. The van der Waals surface area contributed by atoms with Crippen molar-refractivity contribution in [3.8, 4) is 0 Å². The summed E-state index contributed by atoms with van der Waals surface area (Å²) in [6, 6.07) is 5.43. The van der Waals surface area contributed by atoms with Gasteiger partial charge in [-0.3, -0.25) is 9.89 Å². The van der Waals surface area contributed by atoms with Crippen LogP contribution in [-0.2, 0) is 6.54 Å². The van der Waals surface area contributed by atoms with E-state index in [4.69, 9.17) is 0 Å². The number of amides is 1. The van der Waals surface area contributed by atoms with Crippen LogP contribution in [0.15, 0.2) is 24.4 Å². The highest BCUT2D eigenvalue weighted by Gasteiger charge is 2.11. The molecule has 1 amide bonds. The van der Waals surface area contributed by atoms with Gasteiger partial charge in [-0.05, 0) is 26.0 Å². The topological polar surface area (TPSA) is 62.7 Å². The number of hydrogen-bond acceptors (Lipinski definition) is 2. The normalized spacial score (nSPS) is 10.4. The smallest absolute Gasteiger partial charge is 0.273 e. The third-order valence-electron chi connectivity index (χ3n) is 2.35. The van der Waals surface area contributed by atoms with Gasteiger partial charge in [0.15, 0.2) is 5.82 Å². The number of nitrogens with zero attached hydrogens (tertiary/aromatic N) is 2. The Morgan fingerprint density at radius 1 is 1.62 bits per heavy atom. The lowest BCUT2D eigenvalue weighted by molar-refractivity contribution is 0.101. The van der Waals surface area contributed by atoms with E-state index in [2.05, 4.69) is 15.5 Å². The fourth-order valence-corrected chi connectivity index (χ4v) is 1.56. The van der Waals surface area contributed by atoms with E-state index in [0.29, 0.717) is 11.5 Å². The Bertz CT molecular complexity index is 498. The molecular formula is C11H14N4O. The minimum absolute atomic E-state index is 0.140. The first-order chi connectivity index (χ1) is 7.70. The molecule has 2 aromatic heterocycles. The van der Waals surface area contributed by atoms with E-state index in [1.807, 2.05) is 30.7 Å². The second-order valence-electron chi connectivity index (χ2n) is 3.57. The first-order valence-corrected chi connectivity index (χ1v) is 5.19. The van der Waals surface area contributed by atoms with Crippen molar-refractivity contribution in [2.75, 3.05) is 5.32 Å². The molecule has 0 fully saturated rings. The van der Waals surface area contributed by atoms with Gasteiger partial charge in [-0.25, -0.2) is 0 Å². The predicted molar refractivity (Wildman–Crippen MR) is 61.4 cm³/mol. The zero-order valence-corrected chi connectivity index (χ0v) is 9.32. The van der Waals surface area contributed by atoms with E-state index in [-0.39, 0.29) is 5.91 Å². The Morgan fingerprint density at radius 3 is 3.06 bits per heavy atom. The summed E-state index contributed by atoms with van der Waals surface area (Å²) in [7, 11) is 0. The molecule has 0 bridgehead atoms. The van der Waals surface area contributed by atoms with Crippen LogP contribution in [0.5, 0.6) is 0 Å². The van der Waals surface area contributed by atoms with Crippen LogP contribution in [0, 0.1) is 6.92 Å². The molecule has 0 unspecified atom stereocenters. The molecule has 2 N–H and O–H groups in total. The minimum Gasteiger partial charge on any atom is -0.344 e. The second kappa shape index (κ2) is 4.22. The molecule has 2 heterocycles. The zero-order valence-electron chi connectivity index (χ0n) is 9.32. The molecule has 5 nitrogen and oxygen atoms in total. The number of nitrogens with one attached hydrogen (secondary N) is 2. The van der Waals surface area contributed by atoms with Crippen molar-refractivity contribution in [2.45, 2.75) is 20.4 Å². The lowest BCUT2D eigenvalue weighted by atomic mass is 10.4. The van der Waals surface area contributed by atoms with Gasteiger partial charge in [0.25, 0.3) is 5.91 Å². The average Bonchev–Trinajstić information content (AvgIpc) is 2.86. The van der Waals surface area contributed by atoms with Gasteiger partial charge in [0.1, 0.15) is 5.69 Å². The SMILES string of the molecule is CCn1cccc1C(=O)Nc1cc(C)[nH]n1. The molecule has 84 valence electrons. The summed E-state index contributed by atoms with van der Waals surface area (Å²) in [6.45, 7) is 4.65. The van der Waals surface area contributed by atoms with E-state index in [0.717, 1.165) is 12.2 Å². The highest BCUT2D eigenvalue weighted by atomic mass is 16.2. The fraction of sp³-hybridized carbons (Fsp3) is 0.273. The van der Waals surface area contributed by atoms with Gasteiger partial charge in [0, 0.05) is 24.5 Å². The summed E-state index contributed by atoms with van der Waals surface area (Å²) in [5.41, 5.74) is 1.56. The Morgan fingerprint density at radius 2 is 2.44 bits per heavy atom.